The van der Waals surface area contributed by atoms with Crippen molar-refractivity contribution in [3.63, 3.8) is 0 Å². The Morgan fingerprint density at radius 2 is 1.76 bits per heavy atom. The van der Waals surface area contributed by atoms with E-state index in [1.165, 1.54) is 36.2 Å². The number of carbonyl (C=O) groups is 3. The quantitative estimate of drug-likeness (QED) is 0.396. The topological polar surface area (TPSA) is 113 Å². The summed E-state index contributed by atoms with van der Waals surface area (Å²) in [5.74, 6) is -2.94. The van der Waals surface area contributed by atoms with E-state index in [2.05, 4.69) is 21.0 Å². The van der Waals surface area contributed by atoms with E-state index < -0.39 is 34.5 Å². The second kappa shape index (κ2) is 6.89. The number of hydrogen-bond acceptors (Lipinski definition) is 7. The number of halogens is 1. The fourth-order valence-corrected chi connectivity index (χ4v) is 3.82. The second-order valence-electron chi connectivity index (χ2n) is 6.54. The van der Waals surface area contributed by atoms with Crippen molar-refractivity contribution in [2.24, 2.45) is 11.0 Å². The van der Waals surface area contributed by atoms with Crippen LogP contribution >= 0.6 is 15.9 Å². The lowest BCUT2D eigenvalue weighted by molar-refractivity contribution is -0.384. The molecule has 4 rings (SSSR count). The molecule has 9 nitrogen and oxygen atoms in total. The minimum atomic E-state index is -1.12. The summed E-state index contributed by atoms with van der Waals surface area (Å²) in [6.07, 6.45) is 0. The molecule has 0 spiro atoms. The molecule has 0 N–H and O–H groups in total. The van der Waals surface area contributed by atoms with Gasteiger partial charge < -0.3 is 0 Å². The number of nitro groups is 1. The lowest BCUT2D eigenvalue weighted by Gasteiger charge is -2.22. The number of fused-ring (bicyclic) bond motifs is 1. The number of ketones is 1. The van der Waals surface area contributed by atoms with E-state index in [9.17, 15) is 24.5 Å². The zero-order valence-electron chi connectivity index (χ0n) is 15.0. The first kappa shape index (κ1) is 18.9. The van der Waals surface area contributed by atoms with Gasteiger partial charge in [-0.2, -0.15) is 5.10 Å². The third-order valence-electron chi connectivity index (χ3n) is 4.82. The van der Waals surface area contributed by atoms with Crippen molar-refractivity contribution >= 4 is 56.3 Å². The van der Waals surface area contributed by atoms with E-state index in [0.717, 1.165) is 9.37 Å². The minimum Gasteiger partial charge on any atom is -0.293 e. The van der Waals surface area contributed by atoms with Gasteiger partial charge in [0.15, 0.2) is 5.78 Å². The van der Waals surface area contributed by atoms with Crippen LogP contribution in [0.3, 0.4) is 0 Å². The normalized spacial score (nSPS) is 20.7. The first-order chi connectivity index (χ1) is 13.8. The van der Waals surface area contributed by atoms with Gasteiger partial charge in [-0.05, 0) is 30.3 Å². The Bertz CT molecular complexity index is 1100. The van der Waals surface area contributed by atoms with Gasteiger partial charge in [0.1, 0.15) is 23.4 Å². The smallest absolute Gasteiger partial charge is 0.293 e. The van der Waals surface area contributed by atoms with Crippen molar-refractivity contribution in [2.75, 3.05) is 9.91 Å². The Labute approximate surface area is 172 Å². The SMILES string of the molecule is CC(=O)C1=NN(c2ccc(Br)cc2)C2C(=O)N(c3ccccc3[N+](=O)[O-])C(=O)C12. The molecule has 2 aliphatic heterocycles. The molecule has 0 aromatic heterocycles. The summed E-state index contributed by atoms with van der Waals surface area (Å²) >= 11 is 3.33. The first-order valence-electron chi connectivity index (χ1n) is 8.56. The highest BCUT2D eigenvalue weighted by atomic mass is 79.9. The monoisotopic (exact) mass is 456 g/mol. The standard InChI is InChI=1S/C19H13BrN4O5/c1-10(25)16-15-17(23(21-16)12-8-6-11(20)7-9-12)19(27)22(18(15)26)13-4-2-3-5-14(13)24(28)29/h2-9,15,17H,1H3. The molecule has 0 radical (unpaired) electrons. The predicted octanol–water partition coefficient (Wildman–Crippen LogP) is 2.68. The minimum absolute atomic E-state index is 0.0441. The highest BCUT2D eigenvalue weighted by Crippen LogP contribution is 2.40. The number of Topliss-reactive ketones (excluding diaryl/α,β-unsaturated/α-hetero) is 1. The molecule has 0 aliphatic carbocycles. The molecule has 1 saturated heterocycles. The van der Waals surface area contributed by atoms with Gasteiger partial charge in [0.2, 0.25) is 5.91 Å². The van der Waals surface area contributed by atoms with Gasteiger partial charge in [-0.25, -0.2) is 4.90 Å². The summed E-state index contributed by atoms with van der Waals surface area (Å²) < 4.78 is 0.808. The molecule has 0 bridgehead atoms. The molecule has 2 amide bonds. The number of benzene rings is 2. The zero-order chi connectivity index (χ0) is 20.9. The Morgan fingerprint density at radius 3 is 2.38 bits per heavy atom. The molecule has 2 atom stereocenters. The fraction of sp³-hybridized carbons (Fsp3) is 0.158. The molecule has 10 heteroatoms. The number of nitro benzene ring substituents is 1. The highest BCUT2D eigenvalue weighted by Gasteiger charge is 2.58. The van der Waals surface area contributed by atoms with Gasteiger partial charge in [0, 0.05) is 17.5 Å². The van der Waals surface area contributed by atoms with Crippen LogP contribution in [0.25, 0.3) is 0 Å². The molecule has 0 saturated carbocycles. The lowest BCUT2D eigenvalue weighted by atomic mass is 9.95. The summed E-state index contributed by atoms with van der Waals surface area (Å²) in [4.78, 5) is 50.0. The second-order valence-corrected chi connectivity index (χ2v) is 7.46. The van der Waals surface area contributed by atoms with Gasteiger partial charge >= 0.3 is 0 Å². The highest BCUT2D eigenvalue weighted by molar-refractivity contribution is 9.10. The van der Waals surface area contributed by atoms with Gasteiger partial charge in [-0.1, -0.05) is 28.1 Å². The zero-order valence-corrected chi connectivity index (χ0v) is 16.6. The molecular weight excluding hydrogens is 444 g/mol. The Balaban J connectivity index is 1.83. The number of hydrazone groups is 1. The van der Waals surface area contributed by atoms with Gasteiger partial charge in [0.05, 0.1) is 10.6 Å². The number of para-hydroxylation sites is 2. The molecule has 2 unspecified atom stereocenters. The fourth-order valence-electron chi connectivity index (χ4n) is 3.56. The molecule has 2 aliphatic rings. The van der Waals surface area contributed by atoms with Crippen molar-refractivity contribution in [3.05, 3.63) is 63.1 Å². The summed E-state index contributed by atoms with van der Waals surface area (Å²) in [6, 6.07) is 11.3. The van der Waals surface area contributed by atoms with Crippen molar-refractivity contribution < 1.29 is 19.3 Å². The van der Waals surface area contributed by atoms with Crippen LogP contribution in [-0.2, 0) is 14.4 Å². The van der Waals surface area contributed by atoms with Crippen molar-refractivity contribution in [1.82, 2.24) is 0 Å². The molecule has 2 heterocycles. The van der Waals surface area contributed by atoms with Crippen LogP contribution in [0.5, 0.6) is 0 Å². The Morgan fingerprint density at radius 1 is 1.10 bits per heavy atom. The summed E-state index contributed by atoms with van der Waals surface area (Å²) in [5, 5.41) is 17.0. The lowest BCUT2D eigenvalue weighted by Crippen LogP contribution is -2.39. The largest absolute Gasteiger partial charge is 0.293 e. The molecule has 1 fully saturated rings. The van der Waals surface area contributed by atoms with Gasteiger partial charge in [-0.15, -0.1) is 0 Å². The Hall–Kier alpha value is -3.40. The van der Waals surface area contributed by atoms with E-state index in [1.807, 2.05) is 0 Å². The molecular formula is C19H13BrN4O5. The Kier molecular flexibility index (Phi) is 4.50. The maximum absolute atomic E-state index is 13.2. The molecule has 2 aromatic carbocycles. The van der Waals surface area contributed by atoms with E-state index in [1.54, 1.807) is 24.3 Å². The summed E-state index contributed by atoms with van der Waals surface area (Å²) in [5.41, 5.74) is -0.0198. The number of nitrogens with zero attached hydrogens (tertiary/aromatic N) is 4. The van der Waals surface area contributed by atoms with Crippen molar-refractivity contribution in [2.45, 2.75) is 13.0 Å². The summed E-state index contributed by atoms with van der Waals surface area (Å²) in [6.45, 7) is 1.27. The number of imide groups is 1. The average molecular weight is 457 g/mol. The van der Waals surface area contributed by atoms with Crippen LogP contribution < -0.4 is 9.91 Å². The number of rotatable bonds is 4. The number of amides is 2. The third-order valence-corrected chi connectivity index (χ3v) is 5.35. The van der Waals surface area contributed by atoms with Crippen LogP contribution in [0.15, 0.2) is 58.1 Å². The number of hydrogen-bond donors (Lipinski definition) is 0. The van der Waals surface area contributed by atoms with E-state index in [0.29, 0.717) is 5.69 Å². The van der Waals surface area contributed by atoms with Crippen LogP contribution in [0.1, 0.15) is 6.92 Å². The van der Waals surface area contributed by atoms with E-state index >= 15 is 0 Å². The van der Waals surface area contributed by atoms with Gasteiger partial charge in [-0.3, -0.25) is 29.5 Å². The average Bonchev–Trinajstić information content (AvgIpc) is 3.20. The molecule has 2 aromatic rings. The molecule has 29 heavy (non-hydrogen) atoms. The summed E-state index contributed by atoms with van der Waals surface area (Å²) in [7, 11) is 0. The molecule has 146 valence electrons. The van der Waals surface area contributed by atoms with E-state index in [4.69, 9.17) is 0 Å². The van der Waals surface area contributed by atoms with Crippen LogP contribution in [0, 0.1) is 16.0 Å². The number of anilines is 2. The van der Waals surface area contributed by atoms with Gasteiger partial charge in [0.25, 0.3) is 11.6 Å². The van der Waals surface area contributed by atoms with Crippen molar-refractivity contribution in [3.8, 4) is 0 Å². The third kappa shape index (κ3) is 2.92. The first-order valence-corrected chi connectivity index (χ1v) is 9.36. The van der Waals surface area contributed by atoms with Crippen LogP contribution in [0.4, 0.5) is 17.1 Å². The van der Waals surface area contributed by atoms with Crippen LogP contribution in [-0.4, -0.2) is 34.3 Å². The van der Waals surface area contributed by atoms with Crippen molar-refractivity contribution in [1.29, 1.82) is 0 Å². The van der Waals surface area contributed by atoms with Crippen LogP contribution in [0.2, 0.25) is 0 Å². The maximum atomic E-state index is 13.2. The predicted molar refractivity (Wildman–Crippen MR) is 108 cm³/mol. The maximum Gasteiger partial charge on any atom is 0.293 e. The number of carbonyl (C=O) groups excluding carboxylic acids is 3. The van der Waals surface area contributed by atoms with E-state index in [-0.39, 0.29) is 17.1 Å².